The lowest BCUT2D eigenvalue weighted by Gasteiger charge is -2.32. The van der Waals surface area contributed by atoms with Gasteiger partial charge in [-0.15, -0.1) is 0 Å². The quantitative estimate of drug-likeness (QED) is 0.520. The molecule has 3 aromatic rings. The second kappa shape index (κ2) is 10.4. The summed E-state index contributed by atoms with van der Waals surface area (Å²) in [4.78, 5) is 29.7. The number of anilines is 1. The normalized spacial score (nSPS) is 16.8. The standard InChI is InChI=1S/C30H35N3O4/c1-30(2,3)22-9-11-26-25(17-22)33(28(34)20-36-26)19-24-10-12-27(37-24)29(35)31-23-13-15-32(16-14-23)18-21-7-5-4-6-8-21/h4-12,17,23H,13-16,18-20H2,1-3H3,(H,31,35). The molecular formula is C30H35N3O4. The Morgan fingerprint density at radius 3 is 2.49 bits per heavy atom. The van der Waals surface area contributed by atoms with E-state index in [1.54, 1.807) is 17.0 Å². The first kappa shape index (κ1) is 25.1. The van der Waals surface area contributed by atoms with Gasteiger partial charge in [-0.25, -0.2) is 0 Å². The van der Waals surface area contributed by atoms with Gasteiger partial charge in [0.25, 0.3) is 11.8 Å². The van der Waals surface area contributed by atoms with Crippen LogP contribution in [0.25, 0.3) is 0 Å². The summed E-state index contributed by atoms with van der Waals surface area (Å²) in [5, 5.41) is 3.13. The van der Waals surface area contributed by atoms with Crippen molar-refractivity contribution in [3.8, 4) is 5.75 Å². The Kier molecular flexibility index (Phi) is 7.07. The van der Waals surface area contributed by atoms with Gasteiger partial charge in [0, 0.05) is 25.7 Å². The van der Waals surface area contributed by atoms with E-state index in [1.165, 1.54) is 5.56 Å². The van der Waals surface area contributed by atoms with Crippen molar-refractivity contribution < 1.29 is 18.7 Å². The van der Waals surface area contributed by atoms with Gasteiger partial charge in [0.2, 0.25) is 0 Å². The number of piperidine rings is 1. The Morgan fingerprint density at radius 1 is 1.00 bits per heavy atom. The second-order valence-electron chi connectivity index (χ2n) is 11.0. The Labute approximate surface area is 218 Å². The van der Waals surface area contributed by atoms with Crippen molar-refractivity contribution in [1.29, 1.82) is 0 Å². The molecule has 1 aromatic heterocycles. The molecule has 1 N–H and O–H groups in total. The third-order valence-corrected chi connectivity index (χ3v) is 7.14. The molecule has 37 heavy (non-hydrogen) atoms. The van der Waals surface area contributed by atoms with Crippen LogP contribution in [0.4, 0.5) is 5.69 Å². The lowest BCUT2D eigenvalue weighted by molar-refractivity contribution is -0.121. The highest BCUT2D eigenvalue weighted by atomic mass is 16.5. The molecule has 7 nitrogen and oxygen atoms in total. The number of fused-ring (bicyclic) bond motifs is 1. The molecule has 0 aliphatic carbocycles. The van der Waals surface area contributed by atoms with Crippen LogP contribution in [-0.4, -0.2) is 42.5 Å². The number of hydrogen-bond donors (Lipinski definition) is 1. The van der Waals surface area contributed by atoms with Crippen molar-refractivity contribution in [3.05, 3.63) is 83.3 Å². The Hall–Kier alpha value is -3.58. The number of nitrogens with one attached hydrogen (secondary N) is 1. The molecule has 0 bridgehead atoms. The van der Waals surface area contributed by atoms with Gasteiger partial charge < -0.3 is 14.5 Å². The van der Waals surface area contributed by atoms with Crippen molar-refractivity contribution in [3.63, 3.8) is 0 Å². The van der Waals surface area contributed by atoms with Crippen LogP contribution in [0, 0.1) is 0 Å². The smallest absolute Gasteiger partial charge is 0.287 e. The summed E-state index contributed by atoms with van der Waals surface area (Å²) in [6.07, 6.45) is 1.81. The number of carbonyl (C=O) groups is 2. The van der Waals surface area contributed by atoms with Gasteiger partial charge in [-0.2, -0.15) is 0 Å². The van der Waals surface area contributed by atoms with Gasteiger partial charge in [0.15, 0.2) is 12.4 Å². The highest BCUT2D eigenvalue weighted by Gasteiger charge is 2.29. The van der Waals surface area contributed by atoms with Crippen LogP contribution in [0.2, 0.25) is 0 Å². The van der Waals surface area contributed by atoms with Crippen LogP contribution in [0.15, 0.2) is 65.1 Å². The maximum atomic E-state index is 12.9. The van der Waals surface area contributed by atoms with Crippen LogP contribution in [-0.2, 0) is 23.3 Å². The number of rotatable bonds is 6. The summed E-state index contributed by atoms with van der Waals surface area (Å²) in [5.74, 6) is 1.16. The van der Waals surface area contributed by atoms with E-state index < -0.39 is 0 Å². The van der Waals surface area contributed by atoms with E-state index in [1.807, 2.05) is 24.3 Å². The van der Waals surface area contributed by atoms with Gasteiger partial charge in [-0.1, -0.05) is 57.2 Å². The van der Waals surface area contributed by atoms with Crippen molar-refractivity contribution >= 4 is 17.5 Å². The van der Waals surface area contributed by atoms with Gasteiger partial charge in [0.05, 0.1) is 12.2 Å². The monoisotopic (exact) mass is 501 g/mol. The zero-order valence-electron chi connectivity index (χ0n) is 21.8. The number of amides is 2. The zero-order chi connectivity index (χ0) is 26.0. The molecule has 0 unspecified atom stereocenters. The summed E-state index contributed by atoms with van der Waals surface area (Å²) in [6.45, 7) is 9.45. The molecule has 3 heterocycles. The van der Waals surface area contributed by atoms with Gasteiger partial charge in [-0.3, -0.25) is 19.4 Å². The molecule has 1 saturated heterocycles. The van der Waals surface area contributed by atoms with Crippen LogP contribution in [0.3, 0.4) is 0 Å². The molecule has 5 rings (SSSR count). The summed E-state index contributed by atoms with van der Waals surface area (Å²) >= 11 is 0. The van der Waals surface area contributed by atoms with E-state index in [0.717, 1.165) is 43.7 Å². The first-order valence-corrected chi connectivity index (χ1v) is 13.0. The summed E-state index contributed by atoms with van der Waals surface area (Å²) in [5.41, 5.74) is 3.09. The zero-order valence-corrected chi connectivity index (χ0v) is 21.8. The number of furan rings is 1. The fourth-order valence-electron chi connectivity index (χ4n) is 4.92. The molecule has 0 spiro atoms. The van der Waals surface area contributed by atoms with Crippen LogP contribution < -0.4 is 15.0 Å². The molecule has 0 atom stereocenters. The molecule has 2 aliphatic heterocycles. The number of likely N-dealkylation sites (tertiary alicyclic amines) is 1. The SMILES string of the molecule is CC(C)(C)c1ccc2c(c1)N(Cc1ccc(C(=O)NC3CCN(Cc4ccccc4)CC3)o1)C(=O)CO2. The number of hydrogen-bond acceptors (Lipinski definition) is 5. The average Bonchev–Trinajstić information content (AvgIpc) is 3.36. The van der Waals surface area contributed by atoms with E-state index in [2.05, 4.69) is 55.3 Å². The average molecular weight is 502 g/mol. The lowest BCUT2D eigenvalue weighted by Crippen LogP contribution is -2.44. The van der Waals surface area contributed by atoms with Crippen molar-refractivity contribution in [1.82, 2.24) is 10.2 Å². The van der Waals surface area contributed by atoms with Crippen molar-refractivity contribution in [2.24, 2.45) is 0 Å². The lowest BCUT2D eigenvalue weighted by atomic mass is 9.86. The van der Waals surface area contributed by atoms with Crippen LogP contribution >= 0.6 is 0 Å². The largest absolute Gasteiger partial charge is 0.482 e. The molecule has 194 valence electrons. The molecule has 2 aromatic carbocycles. The van der Waals surface area contributed by atoms with Crippen LogP contribution in [0.1, 0.15) is 61.1 Å². The number of ether oxygens (including phenoxy) is 1. The molecule has 0 radical (unpaired) electrons. The van der Waals surface area contributed by atoms with Gasteiger partial charge >= 0.3 is 0 Å². The molecule has 1 fully saturated rings. The first-order valence-electron chi connectivity index (χ1n) is 13.0. The summed E-state index contributed by atoms with van der Waals surface area (Å²) in [7, 11) is 0. The van der Waals surface area contributed by atoms with E-state index in [-0.39, 0.29) is 42.2 Å². The fourth-order valence-corrected chi connectivity index (χ4v) is 4.92. The number of benzene rings is 2. The van der Waals surface area contributed by atoms with Gasteiger partial charge in [-0.05, 0) is 53.6 Å². The highest BCUT2D eigenvalue weighted by Crippen LogP contribution is 2.37. The van der Waals surface area contributed by atoms with Crippen LogP contribution in [0.5, 0.6) is 5.75 Å². The van der Waals surface area contributed by atoms with E-state index in [0.29, 0.717) is 11.5 Å². The third-order valence-electron chi connectivity index (χ3n) is 7.14. The van der Waals surface area contributed by atoms with E-state index in [9.17, 15) is 9.59 Å². The van der Waals surface area contributed by atoms with Crippen molar-refractivity contribution in [2.45, 2.75) is 58.2 Å². The fraction of sp³-hybridized carbons (Fsp3) is 0.400. The number of nitrogens with zero attached hydrogens (tertiary/aromatic N) is 2. The van der Waals surface area contributed by atoms with E-state index >= 15 is 0 Å². The minimum atomic E-state index is -0.212. The van der Waals surface area contributed by atoms with E-state index in [4.69, 9.17) is 9.15 Å². The predicted molar refractivity (Wildman–Crippen MR) is 143 cm³/mol. The second-order valence-corrected chi connectivity index (χ2v) is 11.0. The number of carbonyl (C=O) groups excluding carboxylic acids is 2. The Morgan fingerprint density at radius 2 is 1.76 bits per heavy atom. The van der Waals surface area contributed by atoms with Gasteiger partial charge in [0.1, 0.15) is 11.5 Å². The maximum Gasteiger partial charge on any atom is 0.287 e. The summed E-state index contributed by atoms with van der Waals surface area (Å²) < 4.78 is 11.5. The molecule has 7 heteroatoms. The minimum absolute atomic E-state index is 0.0150. The first-order chi connectivity index (χ1) is 17.8. The Bertz CT molecular complexity index is 1250. The summed E-state index contributed by atoms with van der Waals surface area (Å²) in [6, 6.07) is 20.0. The molecule has 2 amide bonds. The predicted octanol–water partition coefficient (Wildman–Crippen LogP) is 4.90. The topological polar surface area (TPSA) is 75.0 Å². The highest BCUT2D eigenvalue weighted by molar-refractivity contribution is 5.98. The Balaban J connectivity index is 1.19. The van der Waals surface area contributed by atoms with Crippen molar-refractivity contribution in [2.75, 3.05) is 24.6 Å². The molecular weight excluding hydrogens is 466 g/mol. The third kappa shape index (κ3) is 5.88. The molecule has 2 aliphatic rings. The minimum Gasteiger partial charge on any atom is -0.482 e. The maximum absolute atomic E-state index is 12.9. The molecule has 0 saturated carbocycles.